The van der Waals surface area contributed by atoms with E-state index in [-0.39, 0.29) is 12.4 Å². The van der Waals surface area contributed by atoms with Gasteiger partial charge in [0.25, 0.3) is 0 Å². The molecule has 0 fully saturated rings. The number of oxime groups is 1. The number of aliphatic hydroxyl groups is 2. The van der Waals surface area contributed by atoms with Crippen LogP contribution in [0.25, 0.3) is 10.9 Å². The topological polar surface area (TPSA) is 104 Å². The van der Waals surface area contributed by atoms with Gasteiger partial charge in [-0.3, -0.25) is 4.79 Å². The molecule has 3 N–H and O–H groups in total. The highest BCUT2D eigenvalue weighted by Gasteiger charge is 2.22. The van der Waals surface area contributed by atoms with Gasteiger partial charge in [-0.1, -0.05) is 16.8 Å². The number of halogens is 1. The van der Waals surface area contributed by atoms with E-state index in [1.54, 1.807) is 30.3 Å². The van der Waals surface area contributed by atoms with Gasteiger partial charge in [0.05, 0.1) is 25.5 Å². The van der Waals surface area contributed by atoms with E-state index in [1.807, 2.05) is 13.0 Å². The summed E-state index contributed by atoms with van der Waals surface area (Å²) >= 11 is 5.96. The van der Waals surface area contributed by atoms with Crippen molar-refractivity contribution in [3.63, 3.8) is 0 Å². The van der Waals surface area contributed by atoms with E-state index >= 15 is 0 Å². The second-order valence-electron chi connectivity index (χ2n) is 6.72. The molecule has 0 aliphatic carbocycles. The molecular formula is C22H23ClN2O5. The molecule has 0 saturated heterocycles. The second-order valence-corrected chi connectivity index (χ2v) is 7.15. The number of nitrogens with zero attached hydrogens (tertiary/aromatic N) is 1. The first-order valence-electron chi connectivity index (χ1n) is 9.39. The van der Waals surface area contributed by atoms with Gasteiger partial charge in [-0.25, -0.2) is 0 Å². The van der Waals surface area contributed by atoms with Crippen LogP contribution in [0.5, 0.6) is 5.75 Å². The standard InChI is InChI=1S/C22H23ClN2O5/c1-13-17(9-10-30-24-11-16(27)12-26)20-18(25-13)7-8-19(29-2)21(20)22(28)14-3-5-15(23)6-4-14/h3-8,11,16,25-27H,9-10,12H2,1-2H3. The Kier molecular flexibility index (Phi) is 7.10. The number of ether oxygens (including phenoxy) is 1. The molecule has 0 aliphatic heterocycles. The predicted octanol–water partition coefficient (Wildman–Crippen LogP) is 3.27. The normalized spacial score (nSPS) is 12.4. The molecule has 0 spiro atoms. The molecular weight excluding hydrogens is 408 g/mol. The number of aliphatic hydroxyl groups excluding tert-OH is 2. The monoisotopic (exact) mass is 430 g/mol. The van der Waals surface area contributed by atoms with Gasteiger partial charge < -0.3 is 24.8 Å². The van der Waals surface area contributed by atoms with Gasteiger partial charge in [0.15, 0.2) is 5.78 Å². The zero-order valence-electron chi connectivity index (χ0n) is 16.7. The second kappa shape index (κ2) is 9.75. The molecule has 0 saturated carbocycles. The van der Waals surface area contributed by atoms with Crippen molar-refractivity contribution in [1.29, 1.82) is 0 Å². The summed E-state index contributed by atoms with van der Waals surface area (Å²) in [6.07, 6.45) is 0.542. The maximum absolute atomic E-state index is 13.4. The first-order chi connectivity index (χ1) is 14.5. The molecule has 1 heterocycles. The molecule has 3 aromatic rings. The van der Waals surface area contributed by atoms with Crippen LogP contribution >= 0.6 is 11.6 Å². The number of aryl methyl sites for hydroxylation is 1. The van der Waals surface area contributed by atoms with E-state index in [1.165, 1.54) is 7.11 Å². The van der Waals surface area contributed by atoms with E-state index in [2.05, 4.69) is 10.1 Å². The van der Waals surface area contributed by atoms with Crippen LogP contribution < -0.4 is 4.74 Å². The quantitative estimate of drug-likeness (QED) is 0.209. The summed E-state index contributed by atoms with van der Waals surface area (Å²) < 4.78 is 5.50. The van der Waals surface area contributed by atoms with E-state index in [4.69, 9.17) is 26.3 Å². The van der Waals surface area contributed by atoms with Crippen molar-refractivity contribution < 1.29 is 24.6 Å². The van der Waals surface area contributed by atoms with Crippen molar-refractivity contribution in [1.82, 2.24) is 4.98 Å². The molecule has 2 aromatic carbocycles. The van der Waals surface area contributed by atoms with E-state index in [0.29, 0.717) is 28.3 Å². The fourth-order valence-corrected chi connectivity index (χ4v) is 3.41. The third-order valence-corrected chi connectivity index (χ3v) is 4.99. The lowest BCUT2D eigenvalue weighted by Gasteiger charge is -2.11. The third kappa shape index (κ3) is 4.64. The number of hydrogen-bond donors (Lipinski definition) is 3. The van der Waals surface area contributed by atoms with Crippen LogP contribution in [0.1, 0.15) is 27.2 Å². The molecule has 1 aromatic heterocycles. The molecule has 0 bridgehead atoms. The number of rotatable bonds is 9. The van der Waals surface area contributed by atoms with Gasteiger partial charge in [0.1, 0.15) is 18.5 Å². The number of H-pyrrole nitrogens is 1. The van der Waals surface area contributed by atoms with Gasteiger partial charge in [-0.2, -0.15) is 0 Å². The highest BCUT2D eigenvalue weighted by atomic mass is 35.5. The summed E-state index contributed by atoms with van der Waals surface area (Å²) in [5.41, 5.74) is 3.62. The number of methoxy groups -OCH3 is 1. The molecule has 0 radical (unpaired) electrons. The minimum absolute atomic E-state index is 0.167. The molecule has 0 amide bonds. The van der Waals surface area contributed by atoms with Gasteiger partial charge in [-0.15, -0.1) is 0 Å². The van der Waals surface area contributed by atoms with Crippen molar-refractivity contribution in [3.8, 4) is 5.75 Å². The summed E-state index contributed by atoms with van der Waals surface area (Å²) in [6, 6.07) is 10.4. The first-order valence-corrected chi connectivity index (χ1v) is 9.76. The molecule has 3 rings (SSSR count). The molecule has 1 unspecified atom stereocenters. The lowest BCUT2D eigenvalue weighted by Crippen LogP contribution is -2.13. The maximum Gasteiger partial charge on any atom is 0.197 e. The number of carbonyl (C=O) groups is 1. The average Bonchev–Trinajstić information content (AvgIpc) is 3.07. The zero-order chi connectivity index (χ0) is 21.7. The van der Waals surface area contributed by atoms with Crippen molar-refractivity contribution in [3.05, 3.63) is 63.8 Å². The van der Waals surface area contributed by atoms with Crippen molar-refractivity contribution in [2.45, 2.75) is 19.4 Å². The number of aromatic amines is 1. The average molecular weight is 431 g/mol. The number of aromatic nitrogens is 1. The SMILES string of the molecule is COc1ccc2[nH]c(C)c(CCON=CC(O)CO)c2c1C(=O)c1ccc(Cl)cc1. The van der Waals surface area contributed by atoms with Crippen molar-refractivity contribution in [2.24, 2.45) is 5.16 Å². The lowest BCUT2D eigenvalue weighted by atomic mass is 9.95. The smallest absolute Gasteiger partial charge is 0.197 e. The molecule has 158 valence electrons. The maximum atomic E-state index is 13.4. The zero-order valence-corrected chi connectivity index (χ0v) is 17.4. The largest absolute Gasteiger partial charge is 0.496 e. The van der Waals surface area contributed by atoms with Crippen molar-refractivity contribution >= 4 is 34.5 Å². The van der Waals surface area contributed by atoms with Crippen LogP contribution in [-0.2, 0) is 11.3 Å². The Balaban J connectivity index is 1.98. The van der Waals surface area contributed by atoms with Crippen LogP contribution in [-0.4, -0.2) is 53.6 Å². The van der Waals surface area contributed by atoms with Gasteiger partial charge in [0, 0.05) is 33.6 Å². The Morgan fingerprint density at radius 3 is 2.67 bits per heavy atom. The fraction of sp³-hybridized carbons (Fsp3) is 0.273. The third-order valence-electron chi connectivity index (χ3n) is 4.73. The first kappa shape index (κ1) is 21.8. The molecule has 8 heteroatoms. The number of ketones is 1. The van der Waals surface area contributed by atoms with Crippen LogP contribution in [0, 0.1) is 6.92 Å². The van der Waals surface area contributed by atoms with Crippen LogP contribution in [0.15, 0.2) is 41.6 Å². The summed E-state index contributed by atoms with van der Waals surface area (Å²) in [4.78, 5) is 21.9. The summed E-state index contributed by atoms with van der Waals surface area (Å²) in [6.45, 7) is 1.73. The predicted molar refractivity (Wildman–Crippen MR) is 116 cm³/mol. The summed E-state index contributed by atoms with van der Waals surface area (Å²) in [7, 11) is 1.53. The van der Waals surface area contributed by atoms with Crippen LogP contribution in [0.2, 0.25) is 5.02 Å². The number of nitrogens with one attached hydrogen (secondary N) is 1. The molecule has 1 atom stereocenters. The lowest BCUT2D eigenvalue weighted by molar-refractivity contribution is 0.103. The van der Waals surface area contributed by atoms with E-state index in [9.17, 15) is 9.90 Å². The van der Waals surface area contributed by atoms with Gasteiger partial charge in [-0.05, 0) is 48.9 Å². The Morgan fingerprint density at radius 1 is 1.27 bits per heavy atom. The van der Waals surface area contributed by atoms with Crippen molar-refractivity contribution in [2.75, 3.05) is 20.3 Å². The van der Waals surface area contributed by atoms with Crippen LogP contribution in [0.3, 0.4) is 0 Å². The fourth-order valence-electron chi connectivity index (χ4n) is 3.28. The molecule has 30 heavy (non-hydrogen) atoms. The molecule has 7 nitrogen and oxygen atoms in total. The Morgan fingerprint density at radius 2 is 2.00 bits per heavy atom. The number of hydrogen-bond acceptors (Lipinski definition) is 6. The minimum atomic E-state index is -1.06. The summed E-state index contributed by atoms with van der Waals surface area (Å²) in [5, 5.41) is 23.0. The Labute approximate surface area is 178 Å². The highest BCUT2D eigenvalue weighted by molar-refractivity contribution is 6.30. The number of benzene rings is 2. The van der Waals surface area contributed by atoms with Crippen LogP contribution in [0.4, 0.5) is 0 Å². The summed E-state index contributed by atoms with van der Waals surface area (Å²) in [5.74, 6) is 0.312. The van der Waals surface area contributed by atoms with E-state index in [0.717, 1.165) is 28.4 Å². The highest BCUT2D eigenvalue weighted by Crippen LogP contribution is 2.34. The minimum Gasteiger partial charge on any atom is -0.496 e. The van der Waals surface area contributed by atoms with E-state index < -0.39 is 12.7 Å². The Bertz CT molecular complexity index is 1060. The number of carbonyl (C=O) groups excluding carboxylic acids is 1. The van der Waals surface area contributed by atoms with Gasteiger partial charge >= 0.3 is 0 Å². The molecule has 0 aliphatic rings. The van der Waals surface area contributed by atoms with Gasteiger partial charge in [0.2, 0.25) is 0 Å². The Hall–Kier alpha value is -2.87. The number of fused-ring (bicyclic) bond motifs is 1.